The molecule has 14 heteroatoms. The van der Waals surface area contributed by atoms with Gasteiger partial charge < -0.3 is 49.1 Å². The first-order valence-corrected chi connectivity index (χ1v) is 12.2. The number of carboxylic acid groups (broad SMARTS) is 1. The second-order valence-electron chi connectivity index (χ2n) is 8.84. The molecule has 0 spiro atoms. The monoisotopic (exact) mass is 516 g/mol. The van der Waals surface area contributed by atoms with Gasteiger partial charge in [0.05, 0.1) is 12.1 Å². The Hall–Kier alpha value is -2.97. The Bertz CT molecular complexity index is 744. The van der Waals surface area contributed by atoms with Crippen LogP contribution in [0.25, 0.3) is 0 Å². The number of carbonyl (C=O) groups is 4. The minimum absolute atomic E-state index is 0.0693. The lowest BCUT2D eigenvalue weighted by atomic mass is 9.98. The molecule has 6 unspecified atom stereocenters. The molecule has 0 aliphatic rings. The van der Waals surface area contributed by atoms with E-state index in [4.69, 9.17) is 22.9 Å². The molecule has 0 saturated carbocycles. The highest BCUT2D eigenvalue weighted by Crippen LogP contribution is 2.09. The molecule has 0 rings (SSSR count). The maximum absolute atomic E-state index is 13.0. The van der Waals surface area contributed by atoms with E-state index in [-0.39, 0.29) is 24.7 Å². The van der Waals surface area contributed by atoms with Gasteiger partial charge in [-0.3, -0.25) is 19.4 Å². The Kier molecular flexibility index (Phi) is 16.0. The molecule has 208 valence electrons. The molecule has 0 heterocycles. The van der Waals surface area contributed by atoms with E-state index >= 15 is 0 Å². The van der Waals surface area contributed by atoms with Gasteiger partial charge in [0.15, 0.2) is 5.96 Å². The third kappa shape index (κ3) is 12.7. The number of hydrogen-bond donors (Lipinski definition) is 9. The van der Waals surface area contributed by atoms with E-state index in [2.05, 4.69) is 20.9 Å². The number of unbranched alkanes of at least 4 members (excludes halogenated alkanes) is 1. The Labute approximate surface area is 212 Å². The molecule has 0 aromatic rings. The van der Waals surface area contributed by atoms with Gasteiger partial charge in [0.2, 0.25) is 17.7 Å². The van der Waals surface area contributed by atoms with Crippen LogP contribution >= 0.6 is 0 Å². The zero-order valence-corrected chi connectivity index (χ0v) is 21.4. The smallest absolute Gasteiger partial charge is 0.326 e. The second-order valence-corrected chi connectivity index (χ2v) is 8.84. The van der Waals surface area contributed by atoms with Crippen molar-refractivity contribution in [2.24, 2.45) is 33.8 Å². The van der Waals surface area contributed by atoms with Crippen molar-refractivity contribution >= 4 is 29.7 Å². The van der Waals surface area contributed by atoms with Crippen molar-refractivity contribution in [2.75, 3.05) is 13.1 Å². The van der Waals surface area contributed by atoms with Gasteiger partial charge in [0.1, 0.15) is 18.1 Å². The molecule has 0 radical (unpaired) electrons. The zero-order chi connectivity index (χ0) is 27.8. The number of rotatable bonds is 18. The topological polar surface area (TPSA) is 261 Å². The van der Waals surface area contributed by atoms with Crippen LogP contribution < -0.4 is 38.9 Å². The van der Waals surface area contributed by atoms with Crippen LogP contribution in [0.2, 0.25) is 0 Å². The van der Waals surface area contributed by atoms with E-state index in [9.17, 15) is 29.4 Å². The first-order chi connectivity index (χ1) is 16.8. The third-order valence-corrected chi connectivity index (χ3v) is 5.72. The molecule has 0 fully saturated rings. The van der Waals surface area contributed by atoms with Gasteiger partial charge in [0.25, 0.3) is 0 Å². The highest BCUT2D eigenvalue weighted by atomic mass is 16.4. The minimum atomic E-state index is -1.44. The number of nitrogens with two attached hydrogens (primary N) is 4. The number of amides is 3. The lowest BCUT2D eigenvalue weighted by Crippen LogP contribution is -2.60. The highest BCUT2D eigenvalue weighted by Gasteiger charge is 2.33. The molecule has 13 N–H and O–H groups in total. The summed E-state index contributed by atoms with van der Waals surface area (Å²) in [5.74, 6) is -3.82. The van der Waals surface area contributed by atoms with E-state index in [0.29, 0.717) is 38.8 Å². The van der Waals surface area contributed by atoms with Crippen LogP contribution in [0.15, 0.2) is 4.99 Å². The molecule has 14 nitrogen and oxygen atoms in total. The molecule has 0 saturated heterocycles. The van der Waals surface area contributed by atoms with Crippen molar-refractivity contribution in [1.29, 1.82) is 0 Å². The molecular formula is C22H44N8O6. The maximum Gasteiger partial charge on any atom is 0.326 e. The number of aliphatic hydroxyl groups excluding tert-OH is 1. The van der Waals surface area contributed by atoms with Crippen LogP contribution in [0.3, 0.4) is 0 Å². The van der Waals surface area contributed by atoms with Gasteiger partial charge in [-0.05, 0) is 51.5 Å². The van der Waals surface area contributed by atoms with Gasteiger partial charge in [0, 0.05) is 6.54 Å². The first kappa shape index (κ1) is 33.0. The second kappa shape index (κ2) is 17.5. The lowest BCUT2D eigenvalue weighted by Gasteiger charge is -2.27. The molecule has 0 aliphatic heterocycles. The Morgan fingerprint density at radius 1 is 0.889 bits per heavy atom. The van der Waals surface area contributed by atoms with Gasteiger partial charge in [-0.15, -0.1) is 0 Å². The fourth-order valence-corrected chi connectivity index (χ4v) is 3.28. The van der Waals surface area contributed by atoms with E-state index < -0.39 is 54.0 Å². The number of carboxylic acids is 1. The predicted octanol–water partition coefficient (Wildman–Crippen LogP) is -2.54. The summed E-state index contributed by atoms with van der Waals surface area (Å²) in [4.78, 5) is 53.7. The summed E-state index contributed by atoms with van der Waals surface area (Å²) in [6.45, 7) is 5.41. The van der Waals surface area contributed by atoms with E-state index in [1.165, 1.54) is 6.92 Å². The number of nitrogens with zero attached hydrogens (tertiary/aromatic N) is 1. The number of aliphatic imine (C=N–C) groups is 1. The van der Waals surface area contributed by atoms with E-state index in [1.807, 2.05) is 0 Å². The van der Waals surface area contributed by atoms with E-state index in [1.54, 1.807) is 13.8 Å². The van der Waals surface area contributed by atoms with Crippen molar-refractivity contribution in [3.8, 4) is 0 Å². The number of guanidine groups is 1. The normalized spacial score (nSPS) is 15.9. The molecule has 0 aromatic heterocycles. The molecular weight excluding hydrogens is 472 g/mol. The number of nitrogens with one attached hydrogen (secondary N) is 3. The molecule has 0 bridgehead atoms. The van der Waals surface area contributed by atoms with Crippen molar-refractivity contribution in [3.63, 3.8) is 0 Å². The molecule has 6 atom stereocenters. The van der Waals surface area contributed by atoms with Crippen LogP contribution in [0.1, 0.15) is 59.3 Å². The third-order valence-electron chi connectivity index (χ3n) is 5.72. The Morgan fingerprint density at radius 2 is 1.50 bits per heavy atom. The van der Waals surface area contributed by atoms with Crippen molar-refractivity contribution in [1.82, 2.24) is 16.0 Å². The van der Waals surface area contributed by atoms with Crippen LogP contribution in [-0.2, 0) is 19.2 Å². The van der Waals surface area contributed by atoms with Crippen molar-refractivity contribution in [3.05, 3.63) is 0 Å². The highest BCUT2D eigenvalue weighted by molar-refractivity contribution is 5.94. The van der Waals surface area contributed by atoms with Gasteiger partial charge in [-0.2, -0.15) is 0 Å². The number of carbonyl (C=O) groups excluding carboxylic acids is 3. The average molecular weight is 517 g/mol. The summed E-state index contributed by atoms with van der Waals surface area (Å²) >= 11 is 0. The van der Waals surface area contributed by atoms with Crippen LogP contribution in [-0.4, -0.2) is 83.2 Å². The van der Waals surface area contributed by atoms with Gasteiger partial charge in [-0.25, -0.2) is 4.79 Å². The van der Waals surface area contributed by atoms with Crippen molar-refractivity contribution < 1.29 is 29.4 Å². The summed E-state index contributed by atoms with van der Waals surface area (Å²) in [5.41, 5.74) is 22.0. The molecule has 36 heavy (non-hydrogen) atoms. The summed E-state index contributed by atoms with van der Waals surface area (Å²) in [6.07, 6.45) is 1.19. The molecule has 3 amide bonds. The standard InChI is InChI=1S/C22H44N8O6/c1-4-12(2)16(21(35)36)29-20(34)17(13(3)31)30-19(33)15(9-5-6-10-23)28-18(32)14(24)8-7-11-27-22(25)26/h12-17,31H,4-11,23-24H2,1-3H3,(H,28,32)(H,29,34)(H,30,33)(H,35,36)(H4,25,26,27). The number of hydrogen-bond acceptors (Lipinski definition) is 8. The Balaban J connectivity index is 5.39. The summed E-state index contributed by atoms with van der Waals surface area (Å²) in [7, 11) is 0. The zero-order valence-electron chi connectivity index (χ0n) is 21.4. The van der Waals surface area contributed by atoms with Crippen molar-refractivity contribution in [2.45, 2.75) is 89.6 Å². The van der Waals surface area contributed by atoms with Gasteiger partial charge >= 0.3 is 5.97 Å². The van der Waals surface area contributed by atoms with Crippen LogP contribution in [0.5, 0.6) is 0 Å². The molecule has 0 aliphatic carbocycles. The summed E-state index contributed by atoms with van der Waals surface area (Å²) < 4.78 is 0. The molecule has 0 aromatic carbocycles. The van der Waals surface area contributed by atoms with E-state index in [0.717, 1.165) is 0 Å². The van der Waals surface area contributed by atoms with Crippen LogP contribution in [0.4, 0.5) is 0 Å². The quantitative estimate of drug-likeness (QED) is 0.0523. The fraction of sp³-hybridized carbons (Fsp3) is 0.773. The lowest BCUT2D eigenvalue weighted by molar-refractivity contribution is -0.144. The fourth-order valence-electron chi connectivity index (χ4n) is 3.28. The van der Waals surface area contributed by atoms with Gasteiger partial charge in [-0.1, -0.05) is 20.3 Å². The average Bonchev–Trinajstić information content (AvgIpc) is 2.81. The Morgan fingerprint density at radius 3 is 2.00 bits per heavy atom. The summed E-state index contributed by atoms with van der Waals surface area (Å²) in [5, 5.41) is 27.0. The minimum Gasteiger partial charge on any atom is -0.480 e. The number of aliphatic hydroxyl groups is 1. The maximum atomic E-state index is 13.0. The first-order valence-electron chi connectivity index (χ1n) is 12.2. The number of aliphatic carboxylic acids is 1. The summed E-state index contributed by atoms with van der Waals surface area (Å²) in [6, 6.07) is -4.61. The largest absolute Gasteiger partial charge is 0.480 e. The predicted molar refractivity (Wildman–Crippen MR) is 135 cm³/mol. The SMILES string of the molecule is CCC(C)C(NC(=O)C(NC(=O)C(CCCCN)NC(=O)C(N)CCCN=C(N)N)C(C)O)C(=O)O. The van der Waals surface area contributed by atoms with Crippen LogP contribution in [0, 0.1) is 5.92 Å².